The van der Waals surface area contributed by atoms with Crippen LogP contribution in [0.5, 0.6) is 0 Å². The standard InChI is InChI=1S/C17H26N6O2S2/c1-4-13-8-9-15(26-13)27(24,25)18-12-14-19-16(22(2)3)21-17(20-14)23-10-6-5-7-11-23/h8-9,18H,4-7,10-12H2,1-3H3. The molecule has 3 rings (SSSR count). The van der Waals surface area contributed by atoms with Crippen LogP contribution in [0.25, 0.3) is 0 Å². The molecule has 0 spiro atoms. The maximum absolute atomic E-state index is 12.5. The Kier molecular flexibility index (Phi) is 6.28. The lowest BCUT2D eigenvalue weighted by atomic mass is 10.1. The van der Waals surface area contributed by atoms with Crippen LogP contribution in [0.15, 0.2) is 16.3 Å². The van der Waals surface area contributed by atoms with Crippen molar-refractivity contribution in [2.45, 2.75) is 43.4 Å². The second kappa shape index (κ2) is 8.49. The molecule has 8 nitrogen and oxygen atoms in total. The fraction of sp³-hybridized carbons (Fsp3) is 0.588. The second-order valence-electron chi connectivity index (χ2n) is 6.69. The third-order valence-corrected chi connectivity index (χ3v) is 7.49. The van der Waals surface area contributed by atoms with Crippen LogP contribution in [0.4, 0.5) is 11.9 Å². The van der Waals surface area contributed by atoms with Crippen LogP contribution < -0.4 is 14.5 Å². The van der Waals surface area contributed by atoms with Gasteiger partial charge in [0.2, 0.25) is 21.9 Å². The van der Waals surface area contributed by atoms with Gasteiger partial charge in [0.25, 0.3) is 0 Å². The zero-order chi connectivity index (χ0) is 19.4. The molecule has 1 aliphatic rings. The molecule has 1 fully saturated rings. The third kappa shape index (κ3) is 4.94. The van der Waals surface area contributed by atoms with Gasteiger partial charge in [0, 0.05) is 32.1 Å². The largest absolute Gasteiger partial charge is 0.347 e. The molecular weight excluding hydrogens is 384 g/mol. The normalized spacial score (nSPS) is 15.1. The predicted octanol–water partition coefficient (Wildman–Crippen LogP) is 2.03. The van der Waals surface area contributed by atoms with Gasteiger partial charge in [0.05, 0.1) is 6.54 Å². The number of rotatable bonds is 7. The summed E-state index contributed by atoms with van der Waals surface area (Å²) >= 11 is 1.29. The molecule has 27 heavy (non-hydrogen) atoms. The Hall–Kier alpha value is -1.78. The lowest BCUT2D eigenvalue weighted by molar-refractivity contribution is 0.563. The van der Waals surface area contributed by atoms with Gasteiger partial charge in [-0.25, -0.2) is 13.1 Å². The molecule has 0 atom stereocenters. The summed E-state index contributed by atoms with van der Waals surface area (Å²) in [6, 6.07) is 3.49. The zero-order valence-corrected chi connectivity index (χ0v) is 17.6. The summed E-state index contributed by atoms with van der Waals surface area (Å²) in [5, 5.41) is 0. The Labute approximate surface area is 164 Å². The molecule has 0 aromatic carbocycles. The topological polar surface area (TPSA) is 91.3 Å². The van der Waals surface area contributed by atoms with Gasteiger partial charge in [-0.2, -0.15) is 15.0 Å². The van der Waals surface area contributed by atoms with E-state index in [-0.39, 0.29) is 6.54 Å². The SMILES string of the molecule is CCc1ccc(S(=O)(=O)NCc2nc(N(C)C)nc(N3CCCCC3)n2)s1. The molecule has 0 unspecified atom stereocenters. The van der Waals surface area contributed by atoms with E-state index in [0.717, 1.165) is 37.2 Å². The quantitative estimate of drug-likeness (QED) is 0.747. The van der Waals surface area contributed by atoms with Crippen LogP contribution in [-0.4, -0.2) is 50.6 Å². The Morgan fingerprint density at radius 2 is 1.89 bits per heavy atom. The fourth-order valence-electron chi connectivity index (χ4n) is 2.83. The monoisotopic (exact) mass is 410 g/mol. The van der Waals surface area contributed by atoms with Gasteiger partial charge in [0.15, 0.2) is 5.82 Å². The second-order valence-corrected chi connectivity index (χ2v) is 9.85. The smallest absolute Gasteiger partial charge is 0.250 e. The predicted molar refractivity (Wildman–Crippen MR) is 108 cm³/mol. The molecule has 0 bridgehead atoms. The van der Waals surface area contributed by atoms with Crippen molar-refractivity contribution in [3.8, 4) is 0 Å². The van der Waals surface area contributed by atoms with Gasteiger partial charge < -0.3 is 9.80 Å². The van der Waals surface area contributed by atoms with Crippen LogP contribution >= 0.6 is 11.3 Å². The number of aromatic nitrogens is 3. The first kappa shape index (κ1) is 20.0. The molecule has 1 aliphatic heterocycles. The molecule has 0 radical (unpaired) electrons. The van der Waals surface area contributed by atoms with Crippen molar-refractivity contribution in [3.63, 3.8) is 0 Å². The van der Waals surface area contributed by atoms with E-state index in [2.05, 4.69) is 24.6 Å². The maximum Gasteiger partial charge on any atom is 0.250 e. The van der Waals surface area contributed by atoms with E-state index in [1.54, 1.807) is 11.0 Å². The molecule has 2 aromatic rings. The number of anilines is 2. The molecular formula is C17H26N6O2S2. The zero-order valence-electron chi connectivity index (χ0n) is 16.0. The maximum atomic E-state index is 12.5. The average Bonchev–Trinajstić information content (AvgIpc) is 3.17. The molecule has 1 N–H and O–H groups in total. The molecule has 3 heterocycles. The Bertz CT molecular complexity index is 875. The van der Waals surface area contributed by atoms with Gasteiger partial charge in [-0.3, -0.25) is 0 Å². The van der Waals surface area contributed by atoms with Gasteiger partial charge in [-0.1, -0.05) is 6.92 Å². The fourth-order valence-corrected chi connectivity index (χ4v) is 5.15. The highest BCUT2D eigenvalue weighted by Gasteiger charge is 2.20. The molecule has 2 aromatic heterocycles. The van der Waals surface area contributed by atoms with Crippen LogP contribution in [-0.2, 0) is 23.0 Å². The minimum Gasteiger partial charge on any atom is -0.347 e. The number of piperidine rings is 1. The highest BCUT2D eigenvalue weighted by molar-refractivity contribution is 7.91. The van der Waals surface area contributed by atoms with Crippen molar-refractivity contribution < 1.29 is 8.42 Å². The van der Waals surface area contributed by atoms with Crippen LogP contribution in [0, 0.1) is 0 Å². The number of thiophene rings is 1. The molecule has 0 aliphatic carbocycles. The van der Waals surface area contributed by atoms with Gasteiger partial charge in [0.1, 0.15) is 4.21 Å². The number of nitrogens with zero attached hydrogens (tertiary/aromatic N) is 5. The lowest BCUT2D eigenvalue weighted by Gasteiger charge is -2.27. The first-order valence-electron chi connectivity index (χ1n) is 9.14. The molecule has 0 amide bonds. The summed E-state index contributed by atoms with van der Waals surface area (Å²) in [4.78, 5) is 18.4. The van der Waals surface area contributed by atoms with E-state index in [9.17, 15) is 8.42 Å². The van der Waals surface area contributed by atoms with E-state index in [1.165, 1.54) is 17.8 Å². The number of hydrogen-bond acceptors (Lipinski definition) is 8. The summed E-state index contributed by atoms with van der Waals surface area (Å²) < 4.78 is 28.0. The van der Waals surface area contributed by atoms with E-state index < -0.39 is 10.0 Å². The average molecular weight is 411 g/mol. The van der Waals surface area contributed by atoms with Crippen molar-refractivity contribution in [1.82, 2.24) is 19.7 Å². The summed E-state index contributed by atoms with van der Waals surface area (Å²) in [6.07, 6.45) is 4.26. The Morgan fingerprint density at radius 1 is 1.15 bits per heavy atom. The first-order valence-corrected chi connectivity index (χ1v) is 11.4. The number of aryl methyl sites for hydroxylation is 1. The summed E-state index contributed by atoms with van der Waals surface area (Å²) in [7, 11) is 0.147. The number of hydrogen-bond donors (Lipinski definition) is 1. The summed E-state index contributed by atoms with van der Waals surface area (Å²) in [5.41, 5.74) is 0. The van der Waals surface area contributed by atoms with Crippen molar-refractivity contribution in [3.05, 3.63) is 22.8 Å². The van der Waals surface area contributed by atoms with Crippen molar-refractivity contribution in [2.75, 3.05) is 37.0 Å². The van der Waals surface area contributed by atoms with E-state index >= 15 is 0 Å². The van der Waals surface area contributed by atoms with Crippen molar-refractivity contribution in [1.29, 1.82) is 0 Å². The van der Waals surface area contributed by atoms with Crippen LogP contribution in [0.1, 0.15) is 36.9 Å². The van der Waals surface area contributed by atoms with E-state index in [1.807, 2.05) is 27.1 Å². The van der Waals surface area contributed by atoms with Gasteiger partial charge >= 0.3 is 0 Å². The highest BCUT2D eigenvalue weighted by Crippen LogP contribution is 2.22. The summed E-state index contributed by atoms with van der Waals surface area (Å²) in [5.74, 6) is 1.57. The molecule has 1 saturated heterocycles. The Balaban J connectivity index is 1.79. The molecule has 0 saturated carbocycles. The first-order chi connectivity index (χ1) is 12.9. The molecule has 148 valence electrons. The van der Waals surface area contributed by atoms with Gasteiger partial charge in [-0.05, 0) is 37.8 Å². The van der Waals surface area contributed by atoms with E-state index in [4.69, 9.17) is 0 Å². The van der Waals surface area contributed by atoms with E-state index in [0.29, 0.717) is 21.9 Å². The Morgan fingerprint density at radius 3 is 2.52 bits per heavy atom. The molecule has 10 heteroatoms. The number of nitrogens with one attached hydrogen (secondary N) is 1. The van der Waals surface area contributed by atoms with Crippen LogP contribution in [0.2, 0.25) is 0 Å². The summed E-state index contributed by atoms with van der Waals surface area (Å²) in [6.45, 7) is 3.87. The lowest BCUT2D eigenvalue weighted by Crippen LogP contribution is -2.32. The van der Waals surface area contributed by atoms with Crippen LogP contribution in [0.3, 0.4) is 0 Å². The highest BCUT2D eigenvalue weighted by atomic mass is 32.2. The van der Waals surface area contributed by atoms with Crippen molar-refractivity contribution in [2.24, 2.45) is 0 Å². The van der Waals surface area contributed by atoms with Gasteiger partial charge in [-0.15, -0.1) is 11.3 Å². The minimum atomic E-state index is -3.58. The third-order valence-electron chi connectivity index (χ3n) is 4.37. The minimum absolute atomic E-state index is 0.0336. The van der Waals surface area contributed by atoms with Crippen molar-refractivity contribution >= 4 is 33.3 Å². The number of sulfonamides is 1.